The summed E-state index contributed by atoms with van der Waals surface area (Å²) in [5.41, 5.74) is 7.57. The monoisotopic (exact) mass is 423 g/mol. The maximum atomic E-state index is 12.7. The number of ether oxygens (including phenoxy) is 1. The third-order valence-electron chi connectivity index (χ3n) is 4.97. The molecule has 0 unspecified atom stereocenters. The summed E-state index contributed by atoms with van der Waals surface area (Å²) in [5.74, 6) is -0.355. The van der Waals surface area contributed by atoms with Crippen LogP contribution in [0.2, 0.25) is 0 Å². The average Bonchev–Trinajstić information content (AvgIpc) is 3.11. The molecule has 0 radical (unpaired) electrons. The fraction of sp³-hybridized carbons (Fsp3) is 0.348. The molecule has 2 aromatic rings. The van der Waals surface area contributed by atoms with E-state index in [1.165, 1.54) is 17.4 Å². The van der Waals surface area contributed by atoms with Crippen molar-refractivity contribution < 1.29 is 14.3 Å². The Morgan fingerprint density at radius 2 is 2.00 bits per heavy atom. The second kappa shape index (κ2) is 10.1. The molecular formula is C23H25N3O3S. The zero-order chi connectivity index (χ0) is 21.5. The van der Waals surface area contributed by atoms with Crippen LogP contribution >= 0.6 is 11.3 Å². The third-order valence-corrected chi connectivity index (χ3v) is 6.17. The number of anilines is 1. The van der Waals surface area contributed by atoms with E-state index in [1.807, 2.05) is 18.2 Å². The second-order valence-electron chi connectivity index (χ2n) is 7.17. The number of nitrogens with one attached hydrogen (secondary N) is 1. The number of thiophene rings is 1. The highest BCUT2D eigenvalue weighted by atomic mass is 32.1. The number of carbonyl (C=O) groups is 2. The van der Waals surface area contributed by atoms with Gasteiger partial charge in [0.05, 0.1) is 12.2 Å². The van der Waals surface area contributed by atoms with Gasteiger partial charge < -0.3 is 15.8 Å². The molecule has 1 aliphatic carbocycles. The van der Waals surface area contributed by atoms with Gasteiger partial charge in [-0.3, -0.25) is 9.59 Å². The Hall–Kier alpha value is -3.11. The number of hydrogen-bond donors (Lipinski definition) is 2. The van der Waals surface area contributed by atoms with Gasteiger partial charge in [-0.25, -0.2) is 0 Å². The topological polar surface area (TPSA) is 105 Å². The van der Waals surface area contributed by atoms with Gasteiger partial charge in [0, 0.05) is 4.88 Å². The lowest BCUT2D eigenvalue weighted by Gasteiger charge is -2.11. The van der Waals surface area contributed by atoms with Crippen molar-refractivity contribution >= 4 is 34.2 Å². The SMILES string of the molecule is CCCCOc1ccc(/C=C(/C#N)C(=O)Nc2sc3c(c2C(N)=O)CCCC3)cc1. The fourth-order valence-electron chi connectivity index (χ4n) is 3.39. The van der Waals surface area contributed by atoms with Gasteiger partial charge in [0.25, 0.3) is 11.8 Å². The molecular weight excluding hydrogens is 398 g/mol. The molecule has 0 atom stereocenters. The van der Waals surface area contributed by atoms with Gasteiger partial charge in [-0.2, -0.15) is 5.26 Å². The van der Waals surface area contributed by atoms with Crippen molar-refractivity contribution in [1.82, 2.24) is 0 Å². The Morgan fingerprint density at radius 3 is 2.67 bits per heavy atom. The molecule has 7 heteroatoms. The molecule has 6 nitrogen and oxygen atoms in total. The van der Waals surface area contributed by atoms with Crippen LogP contribution in [-0.4, -0.2) is 18.4 Å². The molecule has 0 spiro atoms. The minimum Gasteiger partial charge on any atom is -0.494 e. The number of carbonyl (C=O) groups excluding carboxylic acids is 2. The van der Waals surface area contributed by atoms with Crippen molar-refractivity contribution in [3.05, 3.63) is 51.4 Å². The maximum Gasteiger partial charge on any atom is 0.266 e. The van der Waals surface area contributed by atoms with Crippen molar-refractivity contribution in [3.8, 4) is 11.8 Å². The van der Waals surface area contributed by atoms with E-state index in [-0.39, 0.29) is 5.57 Å². The summed E-state index contributed by atoms with van der Waals surface area (Å²) in [6.07, 6.45) is 7.28. The second-order valence-corrected chi connectivity index (χ2v) is 8.28. The number of primary amides is 1. The highest BCUT2D eigenvalue weighted by molar-refractivity contribution is 7.17. The Morgan fingerprint density at radius 1 is 1.27 bits per heavy atom. The molecule has 1 aliphatic rings. The van der Waals surface area contributed by atoms with Crippen molar-refractivity contribution in [2.75, 3.05) is 11.9 Å². The van der Waals surface area contributed by atoms with Crippen LogP contribution in [0.15, 0.2) is 29.8 Å². The highest BCUT2D eigenvalue weighted by Gasteiger charge is 2.25. The van der Waals surface area contributed by atoms with Gasteiger partial charge in [-0.15, -0.1) is 11.3 Å². The molecule has 0 saturated heterocycles. The first-order valence-corrected chi connectivity index (χ1v) is 11.0. The molecule has 0 fully saturated rings. The molecule has 30 heavy (non-hydrogen) atoms. The van der Waals surface area contributed by atoms with Gasteiger partial charge in [0.2, 0.25) is 0 Å². The van der Waals surface area contributed by atoms with E-state index in [0.29, 0.717) is 22.7 Å². The van der Waals surface area contributed by atoms with Gasteiger partial charge >= 0.3 is 0 Å². The first kappa shape index (κ1) is 21.6. The van der Waals surface area contributed by atoms with Crippen molar-refractivity contribution in [2.24, 2.45) is 5.73 Å². The first-order chi connectivity index (χ1) is 14.5. The van der Waals surface area contributed by atoms with Crippen molar-refractivity contribution in [3.63, 3.8) is 0 Å². The van der Waals surface area contributed by atoms with E-state index in [0.717, 1.165) is 54.7 Å². The van der Waals surface area contributed by atoms with Gasteiger partial charge in [0.15, 0.2) is 0 Å². The third kappa shape index (κ3) is 5.08. The van der Waals surface area contributed by atoms with Crippen LogP contribution < -0.4 is 15.8 Å². The van der Waals surface area contributed by atoms with Gasteiger partial charge in [0.1, 0.15) is 22.4 Å². The molecule has 0 saturated carbocycles. The number of rotatable bonds is 8. The van der Waals surface area contributed by atoms with Crippen LogP contribution in [0.5, 0.6) is 5.75 Å². The molecule has 1 aromatic carbocycles. The van der Waals surface area contributed by atoms with E-state index in [4.69, 9.17) is 10.5 Å². The lowest BCUT2D eigenvalue weighted by molar-refractivity contribution is -0.112. The van der Waals surface area contributed by atoms with E-state index in [2.05, 4.69) is 12.2 Å². The standard InChI is InChI=1S/C23H25N3O3S/c1-2-3-12-29-17-10-8-15(9-11-17)13-16(14-24)22(28)26-23-20(21(25)27)18-6-4-5-7-19(18)30-23/h8-11,13H,2-7,12H2,1H3,(H2,25,27)(H,26,28)/b16-13-. The number of benzene rings is 1. The van der Waals surface area contributed by atoms with Gasteiger partial charge in [-0.1, -0.05) is 25.5 Å². The van der Waals surface area contributed by atoms with E-state index >= 15 is 0 Å². The number of nitriles is 1. The summed E-state index contributed by atoms with van der Waals surface area (Å²) in [6.45, 7) is 2.76. The number of nitrogens with zero attached hydrogens (tertiary/aromatic N) is 1. The molecule has 3 N–H and O–H groups in total. The zero-order valence-electron chi connectivity index (χ0n) is 17.0. The summed E-state index contributed by atoms with van der Waals surface area (Å²) < 4.78 is 5.63. The van der Waals surface area contributed by atoms with E-state index in [9.17, 15) is 14.9 Å². The Balaban J connectivity index is 1.76. The van der Waals surface area contributed by atoms with Crippen LogP contribution in [0.25, 0.3) is 6.08 Å². The lowest BCUT2D eigenvalue weighted by atomic mass is 9.95. The molecule has 1 aromatic heterocycles. The molecule has 1 heterocycles. The predicted octanol–water partition coefficient (Wildman–Crippen LogP) is 4.45. The van der Waals surface area contributed by atoms with Crippen molar-refractivity contribution in [2.45, 2.75) is 45.4 Å². The summed E-state index contributed by atoms with van der Waals surface area (Å²) in [6, 6.07) is 9.16. The first-order valence-electron chi connectivity index (χ1n) is 10.1. The number of aryl methyl sites for hydroxylation is 1. The normalized spacial score (nSPS) is 13.3. The molecule has 0 aliphatic heterocycles. The number of fused-ring (bicyclic) bond motifs is 1. The lowest BCUT2D eigenvalue weighted by Crippen LogP contribution is -2.19. The van der Waals surface area contributed by atoms with Crippen molar-refractivity contribution in [1.29, 1.82) is 5.26 Å². The summed E-state index contributed by atoms with van der Waals surface area (Å²) in [5, 5.41) is 12.6. The highest BCUT2D eigenvalue weighted by Crippen LogP contribution is 2.38. The number of unbranched alkanes of at least 4 members (excludes halogenated alkanes) is 1. The Bertz CT molecular complexity index is 1000. The molecule has 156 valence electrons. The minimum absolute atomic E-state index is 0.0450. The van der Waals surface area contributed by atoms with Gasteiger partial charge in [-0.05, 0) is 61.4 Å². The number of amides is 2. The Kier molecular flexibility index (Phi) is 7.26. The number of hydrogen-bond acceptors (Lipinski definition) is 5. The smallest absolute Gasteiger partial charge is 0.266 e. The molecule has 0 bridgehead atoms. The zero-order valence-corrected chi connectivity index (χ0v) is 17.8. The maximum absolute atomic E-state index is 12.7. The summed E-state index contributed by atoms with van der Waals surface area (Å²) in [7, 11) is 0. The quantitative estimate of drug-likeness (QED) is 0.372. The van der Waals surface area contributed by atoms with Crippen LogP contribution in [0.1, 0.15) is 59.0 Å². The van der Waals surface area contributed by atoms with E-state index < -0.39 is 11.8 Å². The number of nitrogens with two attached hydrogens (primary N) is 1. The fourth-order valence-corrected chi connectivity index (χ4v) is 4.68. The summed E-state index contributed by atoms with van der Waals surface area (Å²) >= 11 is 1.38. The van der Waals surface area contributed by atoms with Crippen LogP contribution in [0.3, 0.4) is 0 Å². The van der Waals surface area contributed by atoms with Crippen LogP contribution in [0.4, 0.5) is 5.00 Å². The average molecular weight is 424 g/mol. The van der Waals surface area contributed by atoms with Crippen LogP contribution in [-0.2, 0) is 17.6 Å². The molecule has 2 amide bonds. The molecule has 3 rings (SSSR count). The minimum atomic E-state index is -0.554. The largest absolute Gasteiger partial charge is 0.494 e. The Labute approximate surface area is 180 Å². The predicted molar refractivity (Wildman–Crippen MR) is 119 cm³/mol. The summed E-state index contributed by atoms with van der Waals surface area (Å²) in [4.78, 5) is 25.8. The van der Waals surface area contributed by atoms with Crippen LogP contribution in [0, 0.1) is 11.3 Å². The van der Waals surface area contributed by atoms with E-state index in [1.54, 1.807) is 12.1 Å².